The lowest BCUT2D eigenvalue weighted by atomic mass is 9.82. The van der Waals surface area contributed by atoms with Gasteiger partial charge in [-0.05, 0) is 66.1 Å². The van der Waals surface area contributed by atoms with E-state index in [-0.39, 0.29) is 5.91 Å². The van der Waals surface area contributed by atoms with E-state index in [9.17, 15) is 4.79 Å². The summed E-state index contributed by atoms with van der Waals surface area (Å²) in [6.07, 6.45) is 3.73. The number of amides is 1. The normalized spacial score (nSPS) is 16.2. The van der Waals surface area contributed by atoms with Crippen molar-refractivity contribution in [2.45, 2.75) is 32.3 Å². The molecule has 0 radical (unpaired) electrons. The van der Waals surface area contributed by atoms with E-state index in [2.05, 4.69) is 40.2 Å². The molecule has 0 saturated heterocycles. The number of halogens is 1. The van der Waals surface area contributed by atoms with Crippen LogP contribution in [0.15, 0.2) is 46.9 Å². The second kappa shape index (κ2) is 8.05. The Bertz CT molecular complexity index is 740. The van der Waals surface area contributed by atoms with Crippen LogP contribution < -0.4 is 4.74 Å². The van der Waals surface area contributed by atoms with Crippen LogP contribution in [0.3, 0.4) is 0 Å². The summed E-state index contributed by atoms with van der Waals surface area (Å²) in [4.78, 5) is 13.6. The summed E-state index contributed by atoms with van der Waals surface area (Å²) in [5.41, 5.74) is 3.88. The molecule has 0 saturated carbocycles. The summed E-state index contributed by atoms with van der Waals surface area (Å²) in [6.45, 7) is 0.575. The first-order valence-electron chi connectivity index (χ1n) is 8.70. The van der Waals surface area contributed by atoms with Gasteiger partial charge in [-0.1, -0.05) is 34.1 Å². The molecular formula is C21H24BrNO2. The van der Waals surface area contributed by atoms with Gasteiger partial charge in [0, 0.05) is 25.0 Å². The zero-order chi connectivity index (χ0) is 17.8. The van der Waals surface area contributed by atoms with Gasteiger partial charge in [0.2, 0.25) is 5.91 Å². The minimum atomic E-state index is 0.225. The average Bonchev–Trinajstić information content (AvgIpc) is 2.61. The minimum Gasteiger partial charge on any atom is -0.489 e. The van der Waals surface area contributed by atoms with Gasteiger partial charge in [0.1, 0.15) is 12.4 Å². The summed E-state index contributed by atoms with van der Waals surface area (Å²) in [5, 5.41) is 0. The quantitative estimate of drug-likeness (QED) is 0.731. The minimum absolute atomic E-state index is 0.225. The summed E-state index contributed by atoms with van der Waals surface area (Å²) in [6, 6.07) is 14.6. The number of aryl methyl sites for hydroxylation is 1. The van der Waals surface area contributed by atoms with E-state index in [1.807, 2.05) is 32.3 Å². The lowest BCUT2D eigenvalue weighted by molar-refractivity contribution is -0.129. The van der Waals surface area contributed by atoms with E-state index in [4.69, 9.17) is 4.74 Å². The maximum atomic E-state index is 11.9. The Morgan fingerprint density at radius 3 is 2.64 bits per heavy atom. The molecule has 3 rings (SSSR count). The molecule has 4 heteroatoms. The molecular weight excluding hydrogens is 378 g/mol. The molecule has 0 aromatic heterocycles. The van der Waals surface area contributed by atoms with E-state index >= 15 is 0 Å². The zero-order valence-electron chi connectivity index (χ0n) is 14.8. The maximum absolute atomic E-state index is 11.9. The van der Waals surface area contributed by atoms with Crippen molar-refractivity contribution < 1.29 is 9.53 Å². The molecule has 0 spiro atoms. The molecule has 1 aliphatic carbocycles. The molecule has 0 N–H and O–H groups in total. The fourth-order valence-electron chi connectivity index (χ4n) is 3.25. The van der Waals surface area contributed by atoms with Crippen LogP contribution in [0, 0.1) is 5.92 Å². The number of rotatable bonds is 5. The van der Waals surface area contributed by atoms with E-state index in [1.165, 1.54) is 11.1 Å². The lowest BCUT2D eigenvalue weighted by Crippen LogP contribution is -2.26. The van der Waals surface area contributed by atoms with Crippen LogP contribution in [0.25, 0.3) is 0 Å². The monoisotopic (exact) mass is 401 g/mol. The summed E-state index contributed by atoms with van der Waals surface area (Å²) < 4.78 is 7.02. The topological polar surface area (TPSA) is 29.5 Å². The van der Waals surface area contributed by atoms with Crippen molar-refractivity contribution in [3.8, 4) is 5.75 Å². The van der Waals surface area contributed by atoms with Crippen molar-refractivity contribution in [1.82, 2.24) is 4.90 Å². The molecule has 132 valence electrons. The second-order valence-corrected chi connectivity index (χ2v) is 7.86. The Kier molecular flexibility index (Phi) is 5.79. The van der Waals surface area contributed by atoms with Gasteiger partial charge in [0.25, 0.3) is 0 Å². The Morgan fingerprint density at radius 1 is 1.16 bits per heavy atom. The highest BCUT2D eigenvalue weighted by Gasteiger charge is 2.22. The third kappa shape index (κ3) is 4.85. The van der Waals surface area contributed by atoms with Crippen LogP contribution in [-0.4, -0.2) is 24.9 Å². The van der Waals surface area contributed by atoms with Gasteiger partial charge in [-0.3, -0.25) is 4.79 Å². The Balaban J connectivity index is 1.60. The number of carbonyl (C=O) groups is 1. The molecule has 1 atom stereocenters. The lowest BCUT2D eigenvalue weighted by Gasteiger charge is -2.25. The van der Waals surface area contributed by atoms with Gasteiger partial charge in [-0.2, -0.15) is 0 Å². The smallest absolute Gasteiger partial charge is 0.222 e. The largest absolute Gasteiger partial charge is 0.489 e. The van der Waals surface area contributed by atoms with Gasteiger partial charge in [-0.25, -0.2) is 0 Å². The van der Waals surface area contributed by atoms with Crippen molar-refractivity contribution in [3.05, 3.63) is 63.6 Å². The van der Waals surface area contributed by atoms with Crippen LogP contribution in [-0.2, 0) is 24.2 Å². The first kappa shape index (κ1) is 18.0. The van der Waals surface area contributed by atoms with E-state index in [1.54, 1.807) is 4.90 Å². The van der Waals surface area contributed by atoms with Crippen molar-refractivity contribution in [2.24, 2.45) is 5.92 Å². The van der Waals surface area contributed by atoms with Gasteiger partial charge >= 0.3 is 0 Å². The maximum Gasteiger partial charge on any atom is 0.222 e. The van der Waals surface area contributed by atoms with Crippen LogP contribution in [0.2, 0.25) is 0 Å². The Morgan fingerprint density at radius 2 is 1.92 bits per heavy atom. The third-order valence-corrected chi connectivity index (χ3v) is 5.32. The average molecular weight is 402 g/mol. The first-order chi connectivity index (χ1) is 12.0. The van der Waals surface area contributed by atoms with E-state index in [0.29, 0.717) is 18.9 Å². The Labute approximate surface area is 158 Å². The standard InChI is InChI=1S/C21H24BrNO2/c1-23(2)21(24)12-16-3-6-18-13-20(10-7-17(18)11-16)25-14-15-4-8-19(22)9-5-15/h4-5,7-10,13,16H,3,6,11-12,14H2,1-2H3. The Hall–Kier alpha value is -1.81. The number of fused-ring (bicyclic) bond motifs is 1. The molecule has 25 heavy (non-hydrogen) atoms. The molecule has 1 amide bonds. The van der Waals surface area contributed by atoms with Gasteiger partial charge in [0.05, 0.1) is 0 Å². The summed E-state index contributed by atoms with van der Waals surface area (Å²) in [5.74, 6) is 1.60. The highest BCUT2D eigenvalue weighted by molar-refractivity contribution is 9.10. The summed E-state index contributed by atoms with van der Waals surface area (Å²) >= 11 is 3.45. The van der Waals surface area contributed by atoms with Crippen LogP contribution >= 0.6 is 15.9 Å². The third-order valence-electron chi connectivity index (χ3n) is 4.79. The van der Waals surface area contributed by atoms with Crippen molar-refractivity contribution in [2.75, 3.05) is 14.1 Å². The van der Waals surface area contributed by atoms with Gasteiger partial charge in [-0.15, -0.1) is 0 Å². The van der Waals surface area contributed by atoms with Crippen molar-refractivity contribution in [1.29, 1.82) is 0 Å². The number of ether oxygens (including phenoxy) is 1. The zero-order valence-corrected chi connectivity index (χ0v) is 16.4. The SMILES string of the molecule is CN(C)C(=O)CC1CCc2cc(OCc3ccc(Br)cc3)ccc2C1. The van der Waals surface area contributed by atoms with Crippen LogP contribution in [0.5, 0.6) is 5.75 Å². The van der Waals surface area contributed by atoms with Crippen molar-refractivity contribution in [3.63, 3.8) is 0 Å². The second-order valence-electron chi connectivity index (χ2n) is 6.95. The number of hydrogen-bond donors (Lipinski definition) is 0. The van der Waals surface area contributed by atoms with Crippen LogP contribution in [0.1, 0.15) is 29.5 Å². The fraction of sp³-hybridized carbons (Fsp3) is 0.381. The predicted molar refractivity (Wildman–Crippen MR) is 104 cm³/mol. The molecule has 0 bridgehead atoms. The van der Waals surface area contributed by atoms with Crippen LogP contribution in [0.4, 0.5) is 0 Å². The summed E-state index contributed by atoms with van der Waals surface area (Å²) in [7, 11) is 3.66. The fourth-order valence-corrected chi connectivity index (χ4v) is 3.51. The molecule has 2 aromatic rings. The number of benzene rings is 2. The predicted octanol–water partition coefficient (Wildman–Crippen LogP) is 4.61. The van der Waals surface area contributed by atoms with Gasteiger partial charge < -0.3 is 9.64 Å². The molecule has 1 aliphatic rings. The first-order valence-corrected chi connectivity index (χ1v) is 9.50. The van der Waals surface area contributed by atoms with Gasteiger partial charge in [0.15, 0.2) is 0 Å². The van der Waals surface area contributed by atoms with Crippen molar-refractivity contribution >= 4 is 21.8 Å². The molecule has 3 nitrogen and oxygen atoms in total. The highest BCUT2D eigenvalue weighted by Crippen LogP contribution is 2.30. The molecule has 0 aliphatic heterocycles. The molecule has 0 fully saturated rings. The van der Waals surface area contributed by atoms with E-state index in [0.717, 1.165) is 35.0 Å². The number of nitrogens with zero attached hydrogens (tertiary/aromatic N) is 1. The number of hydrogen-bond acceptors (Lipinski definition) is 2. The molecule has 2 aromatic carbocycles. The van der Waals surface area contributed by atoms with E-state index < -0.39 is 0 Å². The molecule has 0 heterocycles. The highest BCUT2D eigenvalue weighted by atomic mass is 79.9. The number of carbonyl (C=O) groups excluding carboxylic acids is 1. The molecule has 1 unspecified atom stereocenters.